The molecule has 2 saturated heterocycles. The Morgan fingerprint density at radius 3 is 3.10 bits per heavy atom. The van der Waals surface area contributed by atoms with Crippen molar-refractivity contribution in [2.75, 3.05) is 32.8 Å². The molecule has 0 N–H and O–H groups in total. The minimum absolute atomic E-state index is 0.0454. The first kappa shape index (κ1) is 13.6. The average Bonchev–Trinajstić information content (AvgIpc) is 3.01. The fraction of sp³-hybridized carbons (Fsp3) is 0.714. The van der Waals surface area contributed by atoms with Gasteiger partial charge in [0.2, 0.25) is 0 Å². The Kier molecular flexibility index (Phi) is 4.03. The Morgan fingerprint density at radius 2 is 2.35 bits per heavy atom. The van der Waals surface area contributed by atoms with Crippen molar-refractivity contribution in [3.63, 3.8) is 0 Å². The maximum atomic E-state index is 12.3. The van der Waals surface area contributed by atoms with Crippen LogP contribution in [-0.2, 0) is 4.74 Å². The summed E-state index contributed by atoms with van der Waals surface area (Å²) in [5.41, 5.74) is 0.389. The lowest BCUT2D eigenvalue weighted by atomic mass is 10.0. The van der Waals surface area contributed by atoms with E-state index in [-0.39, 0.29) is 5.91 Å². The van der Waals surface area contributed by atoms with E-state index < -0.39 is 0 Å². The summed E-state index contributed by atoms with van der Waals surface area (Å²) in [4.78, 5) is 16.7. The minimum atomic E-state index is -0.0454. The normalized spacial score (nSPS) is 27.4. The molecule has 110 valence electrons. The van der Waals surface area contributed by atoms with E-state index in [1.165, 1.54) is 12.7 Å². The second-order valence-corrected chi connectivity index (χ2v) is 5.51. The van der Waals surface area contributed by atoms with E-state index in [2.05, 4.69) is 17.0 Å². The zero-order valence-corrected chi connectivity index (χ0v) is 11.8. The third-order valence-electron chi connectivity index (χ3n) is 4.18. The van der Waals surface area contributed by atoms with E-state index >= 15 is 0 Å². The highest BCUT2D eigenvalue weighted by Gasteiger charge is 2.37. The fourth-order valence-electron chi connectivity index (χ4n) is 3.19. The van der Waals surface area contributed by atoms with E-state index in [4.69, 9.17) is 9.26 Å². The Balaban J connectivity index is 1.65. The highest BCUT2D eigenvalue weighted by molar-refractivity contribution is 5.92. The van der Waals surface area contributed by atoms with Crippen LogP contribution in [-0.4, -0.2) is 65.8 Å². The van der Waals surface area contributed by atoms with Gasteiger partial charge in [0.05, 0.1) is 19.3 Å². The second kappa shape index (κ2) is 5.93. The summed E-state index contributed by atoms with van der Waals surface area (Å²) in [6.07, 6.45) is 3.76. The van der Waals surface area contributed by atoms with Crippen molar-refractivity contribution in [2.45, 2.75) is 31.8 Å². The summed E-state index contributed by atoms with van der Waals surface area (Å²) in [5.74, 6) is -0.0454. The molecule has 20 heavy (non-hydrogen) atoms. The van der Waals surface area contributed by atoms with Gasteiger partial charge in [0.25, 0.3) is 5.91 Å². The Hall–Kier alpha value is -1.40. The molecule has 0 radical (unpaired) electrons. The van der Waals surface area contributed by atoms with Gasteiger partial charge in [0.1, 0.15) is 6.26 Å². The Labute approximate surface area is 118 Å². The smallest absolute Gasteiger partial charge is 0.276 e. The van der Waals surface area contributed by atoms with Crippen LogP contribution in [0, 0.1) is 0 Å². The van der Waals surface area contributed by atoms with E-state index in [9.17, 15) is 4.79 Å². The van der Waals surface area contributed by atoms with Crippen LogP contribution >= 0.6 is 0 Å². The Bertz CT molecular complexity index is 447. The van der Waals surface area contributed by atoms with Crippen LogP contribution in [0.4, 0.5) is 0 Å². The van der Waals surface area contributed by atoms with Crippen LogP contribution in [0.25, 0.3) is 0 Å². The van der Waals surface area contributed by atoms with Crippen molar-refractivity contribution in [3.05, 3.63) is 18.0 Å². The predicted octanol–water partition coefficient (Wildman–Crippen LogP) is 1.000. The minimum Gasteiger partial charge on any atom is -0.378 e. The van der Waals surface area contributed by atoms with E-state index in [1.54, 1.807) is 6.07 Å². The number of ether oxygens (including phenoxy) is 1. The zero-order valence-electron chi connectivity index (χ0n) is 11.8. The molecule has 2 atom stereocenters. The molecular weight excluding hydrogens is 258 g/mol. The lowest BCUT2D eigenvalue weighted by Crippen LogP contribution is -2.62. The van der Waals surface area contributed by atoms with Crippen molar-refractivity contribution in [3.8, 4) is 0 Å². The quantitative estimate of drug-likeness (QED) is 0.826. The summed E-state index contributed by atoms with van der Waals surface area (Å²) < 4.78 is 10.5. The van der Waals surface area contributed by atoms with Gasteiger partial charge in [-0.2, -0.15) is 0 Å². The lowest BCUT2D eigenvalue weighted by Gasteiger charge is -2.47. The molecule has 1 aromatic rings. The van der Waals surface area contributed by atoms with Gasteiger partial charge < -0.3 is 14.2 Å². The maximum Gasteiger partial charge on any atom is 0.276 e. The maximum absolute atomic E-state index is 12.3. The van der Waals surface area contributed by atoms with E-state index in [1.807, 2.05) is 4.90 Å². The van der Waals surface area contributed by atoms with E-state index in [0.29, 0.717) is 30.9 Å². The molecule has 1 aromatic heterocycles. The second-order valence-electron chi connectivity index (χ2n) is 5.51. The molecule has 6 nitrogen and oxygen atoms in total. The van der Waals surface area contributed by atoms with Crippen molar-refractivity contribution in [1.82, 2.24) is 15.0 Å². The molecule has 0 bridgehead atoms. The van der Waals surface area contributed by atoms with Gasteiger partial charge in [0, 0.05) is 31.7 Å². The molecule has 0 unspecified atom stereocenters. The highest BCUT2D eigenvalue weighted by atomic mass is 16.5. The number of rotatable bonds is 3. The third kappa shape index (κ3) is 2.58. The molecule has 2 fully saturated rings. The van der Waals surface area contributed by atoms with Gasteiger partial charge in [-0.05, 0) is 6.42 Å². The molecule has 6 heteroatoms. The number of carbonyl (C=O) groups is 1. The van der Waals surface area contributed by atoms with Crippen LogP contribution in [0.15, 0.2) is 16.9 Å². The number of piperazine rings is 1. The topological polar surface area (TPSA) is 58.8 Å². The molecule has 2 aliphatic heterocycles. The number of nitrogens with zero attached hydrogens (tertiary/aromatic N) is 3. The van der Waals surface area contributed by atoms with Gasteiger partial charge >= 0.3 is 0 Å². The number of fused-ring (bicyclic) bond motifs is 1. The molecule has 2 aliphatic rings. The highest BCUT2D eigenvalue weighted by Crippen LogP contribution is 2.22. The molecular formula is C14H21N3O3. The number of hydrogen-bond acceptors (Lipinski definition) is 5. The van der Waals surface area contributed by atoms with Crippen LogP contribution < -0.4 is 0 Å². The third-order valence-corrected chi connectivity index (χ3v) is 4.18. The van der Waals surface area contributed by atoms with Gasteiger partial charge in [-0.15, -0.1) is 0 Å². The van der Waals surface area contributed by atoms with Crippen LogP contribution in [0.3, 0.4) is 0 Å². The van der Waals surface area contributed by atoms with Gasteiger partial charge in [-0.25, -0.2) is 0 Å². The van der Waals surface area contributed by atoms with Crippen molar-refractivity contribution in [2.24, 2.45) is 0 Å². The number of carbonyl (C=O) groups excluding carboxylic acids is 1. The van der Waals surface area contributed by atoms with Crippen LogP contribution in [0.5, 0.6) is 0 Å². The van der Waals surface area contributed by atoms with Gasteiger partial charge in [-0.3, -0.25) is 9.69 Å². The standard InChI is InChI=1S/C14H21N3O3/c1-2-3-11-9-19-10-12-8-16(5-6-17(11)12)14(18)13-4-7-20-15-13/h4,7,11-12H,2-3,5-6,8-10H2,1H3/t11-,12+/m0/s1. The number of morpholine rings is 1. The summed E-state index contributed by atoms with van der Waals surface area (Å²) >= 11 is 0. The molecule has 0 aliphatic carbocycles. The largest absolute Gasteiger partial charge is 0.378 e. The number of amides is 1. The Morgan fingerprint density at radius 1 is 1.45 bits per heavy atom. The molecule has 0 aromatic carbocycles. The van der Waals surface area contributed by atoms with Crippen LogP contribution in [0.2, 0.25) is 0 Å². The first-order valence-electron chi connectivity index (χ1n) is 7.32. The number of hydrogen-bond donors (Lipinski definition) is 0. The van der Waals surface area contributed by atoms with Crippen molar-refractivity contribution in [1.29, 1.82) is 0 Å². The van der Waals surface area contributed by atoms with Crippen molar-refractivity contribution >= 4 is 5.91 Å². The summed E-state index contributed by atoms with van der Waals surface area (Å²) in [6, 6.07) is 2.43. The lowest BCUT2D eigenvalue weighted by molar-refractivity contribution is -0.0777. The SMILES string of the molecule is CCC[C@H]1COC[C@H]2CN(C(=O)c3ccon3)CCN12. The molecule has 3 heterocycles. The fourth-order valence-corrected chi connectivity index (χ4v) is 3.19. The first-order chi connectivity index (χ1) is 9.79. The van der Waals surface area contributed by atoms with Crippen LogP contribution in [0.1, 0.15) is 30.3 Å². The van der Waals surface area contributed by atoms with Crippen molar-refractivity contribution < 1.29 is 14.1 Å². The average molecular weight is 279 g/mol. The zero-order chi connectivity index (χ0) is 13.9. The molecule has 1 amide bonds. The predicted molar refractivity (Wildman–Crippen MR) is 72.4 cm³/mol. The molecule has 0 spiro atoms. The summed E-state index contributed by atoms with van der Waals surface area (Å²) in [7, 11) is 0. The van der Waals surface area contributed by atoms with E-state index in [0.717, 1.165) is 26.1 Å². The van der Waals surface area contributed by atoms with Gasteiger partial charge in [0.15, 0.2) is 5.69 Å². The summed E-state index contributed by atoms with van der Waals surface area (Å²) in [5, 5.41) is 3.73. The number of aromatic nitrogens is 1. The monoisotopic (exact) mass is 279 g/mol. The summed E-state index contributed by atoms with van der Waals surface area (Å²) in [6.45, 7) is 6.12. The van der Waals surface area contributed by atoms with Gasteiger partial charge in [-0.1, -0.05) is 18.5 Å². The molecule has 3 rings (SSSR count). The first-order valence-corrected chi connectivity index (χ1v) is 7.32. The molecule has 0 saturated carbocycles.